The van der Waals surface area contributed by atoms with E-state index >= 15 is 0 Å². The van der Waals surface area contributed by atoms with Gasteiger partial charge in [-0.2, -0.15) is 0 Å². The van der Waals surface area contributed by atoms with Crippen molar-refractivity contribution in [3.63, 3.8) is 0 Å². The molecule has 0 heterocycles. The van der Waals surface area contributed by atoms with Crippen LogP contribution in [0.15, 0.2) is 7.99 Å². The first-order chi connectivity index (χ1) is 4.39. The monoisotopic (exact) mass is 316 g/mol. The summed E-state index contributed by atoms with van der Waals surface area (Å²) < 4.78 is 1.44. The van der Waals surface area contributed by atoms with E-state index in [1.165, 1.54) is 2.41 Å². The molecule has 0 atom stereocenters. The van der Waals surface area contributed by atoms with Crippen LogP contribution in [0.25, 0.3) is 0 Å². The summed E-state index contributed by atoms with van der Waals surface area (Å²) in [4.78, 5) is 0. The van der Waals surface area contributed by atoms with Crippen molar-refractivity contribution in [2.24, 2.45) is 0 Å². The van der Waals surface area contributed by atoms with E-state index < -0.39 is 13.3 Å². The van der Waals surface area contributed by atoms with Crippen LogP contribution in [0.2, 0.25) is 17.3 Å². The van der Waals surface area contributed by atoms with Crippen molar-refractivity contribution in [3.05, 3.63) is 7.99 Å². The first kappa shape index (κ1) is 11.0. The average molecular weight is 315 g/mol. The fraction of sp³-hybridized carbons (Fsp3) is 0.714. The number of hydrogen-bond donors (Lipinski definition) is 1. The first-order valence-electron chi connectivity index (χ1n) is 3.36. The van der Waals surface area contributed by atoms with Crippen LogP contribution in [0.3, 0.4) is 0 Å². The molecular weight excluding hydrogens is 300 g/mol. The predicted molar refractivity (Wildman–Crippen MR) is 57.2 cm³/mol. The van der Waals surface area contributed by atoms with Gasteiger partial charge in [0.2, 0.25) is 0 Å². The molecule has 0 fully saturated rings. The van der Waals surface area contributed by atoms with E-state index in [0.29, 0.717) is 0 Å². The fourth-order valence-electron chi connectivity index (χ4n) is 0.710. The SMILES string of the molecule is C/C(CO)=[C](/I)[Ge]([CH3])([CH3])[CH3]. The molecule has 0 spiro atoms. The Balaban J connectivity index is 4.47. The number of halogens is 1. The third-order valence-electron chi connectivity index (χ3n) is 1.27. The zero-order valence-corrected chi connectivity index (χ0v) is 11.3. The van der Waals surface area contributed by atoms with Crippen LogP contribution in [0, 0.1) is 0 Å². The molecule has 10 heavy (non-hydrogen) atoms. The summed E-state index contributed by atoms with van der Waals surface area (Å²) in [5.41, 5.74) is 1.16. The summed E-state index contributed by atoms with van der Waals surface area (Å²) in [5.74, 6) is 7.00. The maximum atomic E-state index is 8.84. The Morgan fingerprint density at radius 1 is 1.40 bits per heavy atom. The van der Waals surface area contributed by atoms with Gasteiger partial charge in [0.1, 0.15) is 0 Å². The summed E-state index contributed by atoms with van der Waals surface area (Å²) in [6.07, 6.45) is 0. The molecule has 0 saturated carbocycles. The number of hydrogen-bond acceptors (Lipinski definition) is 1. The van der Waals surface area contributed by atoms with Crippen molar-refractivity contribution in [2.75, 3.05) is 6.61 Å². The maximum absolute atomic E-state index is 8.84. The Kier molecular flexibility index (Phi) is 4.51. The molecule has 0 aliphatic rings. The molecule has 3 heteroatoms. The van der Waals surface area contributed by atoms with E-state index in [2.05, 4.69) is 39.9 Å². The zero-order valence-electron chi connectivity index (χ0n) is 7.03. The topological polar surface area (TPSA) is 20.2 Å². The normalized spacial score (nSPS) is 15.0. The summed E-state index contributed by atoms with van der Waals surface area (Å²) in [7, 11) is 0. The Labute approximate surface area is 79.4 Å². The van der Waals surface area contributed by atoms with Gasteiger partial charge in [-0.05, 0) is 0 Å². The van der Waals surface area contributed by atoms with Crippen LogP contribution in [-0.2, 0) is 0 Å². The molecule has 0 rings (SSSR count). The minimum absolute atomic E-state index is 0.223. The summed E-state index contributed by atoms with van der Waals surface area (Å²) in [6, 6.07) is 0. The molecule has 0 bridgehead atoms. The van der Waals surface area contributed by atoms with E-state index in [4.69, 9.17) is 5.11 Å². The molecule has 60 valence electrons. The van der Waals surface area contributed by atoms with Gasteiger partial charge in [-0.25, -0.2) is 0 Å². The fourth-order valence-corrected chi connectivity index (χ4v) is 3.73. The van der Waals surface area contributed by atoms with Gasteiger partial charge in [0.05, 0.1) is 0 Å². The standard InChI is InChI=1S/C7H15GeIO/c1-6(5-10)7(9)8(2,3)4/h10H,5H2,1-4H3/b7-6-. The van der Waals surface area contributed by atoms with Crippen molar-refractivity contribution in [3.8, 4) is 0 Å². The third-order valence-corrected chi connectivity index (χ3v) is 14.3. The van der Waals surface area contributed by atoms with Crippen molar-refractivity contribution in [1.29, 1.82) is 0 Å². The first-order valence-corrected chi connectivity index (χ1v) is 11.8. The quantitative estimate of drug-likeness (QED) is 0.613. The molecule has 1 N–H and O–H groups in total. The van der Waals surface area contributed by atoms with Gasteiger partial charge in [0.15, 0.2) is 0 Å². The minimum atomic E-state index is -1.60. The van der Waals surface area contributed by atoms with Gasteiger partial charge in [0, 0.05) is 0 Å². The van der Waals surface area contributed by atoms with Crippen LogP contribution >= 0.6 is 22.6 Å². The molecule has 0 saturated heterocycles. The number of rotatable bonds is 2. The molecule has 0 aromatic heterocycles. The predicted octanol–water partition coefficient (Wildman–Crippen LogP) is 2.57. The Morgan fingerprint density at radius 3 is 1.90 bits per heavy atom. The second-order valence-corrected chi connectivity index (χ2v) is 17.2. The van der Waals surface area contributed by atoms with Gasteiger partial charge < -0.3 is 0 Å². The molecule has 1 nitrogen and oxygen atoms in total. The summed E-state index contributed by atoms with van der Waals surface area (Å²) in [5, 5.41) is 8.84. The van der Waals surface area contributed by atoms with E-state index in [-0.39, 0.29) is 6.61 Å². The number of aliphatic hydroxyl groups is 1. The van der Waals surface area contributed by atoms with Gasteiger partial charge >= 0.3 is 79.7 Å². The van der Waals surface area contributed by atoms with E-state index in [1.54, 1.807) is 0 Å². The molecule has 0 aliphatic carbocycles. The van der Waals surface area contributed by atoms with Crippen molar-refractivity contribution in [1.82, 2.24) is 0 Å². The Bertz CT molecular complexity index is 146. The average Bonchev–Trinajstić information content (AvgIpc) is 1.83. The zero-order chi connectivity index (χ0) is 8.36. The van der Waals surface area contributed by atoms with Crippen molar-refractivity contribution in [2.45, 2.75) is 24.2 Å². The van der Waals surface area contributed by atoms with Crippen LogP contribution < -0.4 is 0 Å². The second kappa shape index (κ2) is 4.11. The third kappa shape index (κ3) is 3.39. The molecule has 0 amide bonds. The summed E-state index contributed by atoms with van der Waals surface area (Å²) in [6.45, 7) is 2.24. The molecular formula is C7H15GeIO. The number of aliphatic hydroxyl groups excluding tert-OH is 1. The summed E-state index contributed by atoms with van der Waals surface area (Å²) >= 11 is 0.775. The molecule has 0 radical (unpaired) electrons. The van der Waals surface area contributed by atoms with Gasteiger partial charge in [0.25, 0.3) is 0 Å². The molecule has 0 unspecified atom stereocenters. The molecule has 0 aromatic carbocycles. The van der Waals surface area contributed by atoms with Gasteiger partial charge in [-0.1, -0.05) is 0 Å². The van der Waals surface area contributed by atoms with Crippen LogP contribution in [0.1, 0.15) is 6.92 Å². The molecule has 0 aromatic rings. The van der Waals surface area contributed by atoms with Crippen LogP contribution in [0.4, 0.5) is 0 Å². The molecule has 0 aliphatic heterocycles. The Hall–Kier alpha value is 0.973. The van der Waals surface area contributed by atoms with Crippen LogP contribution in [0.5, 0.6) is 0 Å². The van der Waals surface area contributed by atoms with Gasteiger partial charge in [-0.15, -0.1) is 0 Å². The van der Waals surface area contributed by atoms with Crippen molar-refractivity contribution < 1.29 is 5.11 Å². The van der Waals surface area contributed by atoms with Gasteiger partial charge in [-0.3, -0.25) is 0 Å². The van der Waals surface area contributed by atoms with E-state index in [9.17, 15) is 0 Å². The second-order valence-electron chi connectivity index (χ2n) is 3.50. The van der Waals surface area contributed by atoms with Crippen molar-refractivity contribution >= 4 is 35.9 Å². The Morgan fingerprint density at radius 2 is 1.80 bits per heavy atom. The van der Waals surface area contributed by atoms with Crippen LogP contribution in [-0.4, -0.2) is 25.0 Å². The van der Waals surface area contributed by atoms with E-state index in [0.717, 1.165) is 5.57 Å². The van der Waals surface area contributed by atoms with E-state index in [1.807, 2.05) is 6.92 Å².